The number of hydrogen-bond donors (Lipinski definition) is 1. The van der Waals surface area contributed by atoms with Gasteiger partial charge in [-0.15, -0.1) is 0 Å². The minimum absolute atomic E-state index is 0.0288. The van der Waals surface area contributed by atoms with Crippen LogP contribution >= 0.6 is 0 Å². The second-order valence-electron chi connectivity index (χ2n) is 6.21. The van der Waals surface area contributed by atoms with Crippen LogP contribution in [0.2, 0.25) is 0 Å². The molecule has 2 aliphatic rings. The van der Waals surface area contributed by atoms with E-state index in [0.717, 1.165) is 11.3 Å². The SMILES string of the molecule is COC(=O)CN1CCC2(C(=O)Nc3ccccc32)C1(C)C. The van der Waals surface area contributed by atoms with Crippen molar-refractivity contribution in [3.63, 3.8) is 0 Å². The molecular formula is C16H20N2O3. The Morgan fingerprint density at radius 1 is 1.38 bits per heavy atom. The summed E-state index contributed by atoms with van der Waals surface area (Å²) in [5.74, 6) is -0.243. The molecule has 1 spiro atoms. The molecule has 0 aromatic heterocycles. The van der Waals surface area contributed by atoms with E-state index < -0.39 is 11.0 Å². The molecule has 5 nitrogen and oxygen atoms in total. The number of likely N-dealkylation sites (tertiary alicyclic amines) is 1. The number of esters is 1. The third-order valence-corrected chi connectivity index (χ3v) is 5.16. The summed E-state index contributed by atoms with van der Waals surface area (Å²) in [5.41, 5.74) is 0.873. The molecule has 1 saturated heterocycles. The van der Waals surface area contributed by atoms with Crippen molar-refractivity contribution < 1.29 is 14.3 Å². The number of amides is 1. The third-order valence-electron chi connectivity index (χ3n) is 5.16. The predicted octanol–water partition coefficient (Wildman–Crippen LogP) is 1.53. The van der Waals surface area contributed by atoms with E-state index in [1.54, 1.807) is 0 Å². The molecule has 2 heterocycles. The van der Waals surface area contributed by atoms with Gasteiger partial charge in [0, 0.05) is 17.8 Å². The molecule has 21 heavy (non-hydrogen) atoms. The van der Waals surface area contributed by atoms with Crippen LogP contribution in [0.1, 0.15) is 25.8 Å². The quantitative estimate of drug-likeness (QED) is 0.839. The maximum Gasteiger partial charge on any atom is 0.319 e. The Bertz CT molecular complexity index is 611. The molecule has 2 aliphatic heterocycles. The highest BCUT2D eigenvalue weighted by Gasteiger charge is 2.62. The van der Waals surface area contributed by atoms with E-state index in [1.807, 2.05) is 43.0 Å². The van der Waals surface area contributed by atoms with Gasteiger partial charge < -0.3 is 10.1 Å². The van der Waals surface area contributed by atoms with Crippen molar-refractivity contribution >= 4 is 17.6 Å². The molecule has 1 atom stereocenters. The van der Waals surface area contributed by atoms with Gasteiger partial charge in [0.2, 0.25) is 5.91 Å². The van der Waals surface area contributed by atoms with E-state index in [-0.39, 0.29) is 18.4 Å². The van der Waals surface area contributed by atoms with Crippen LogP contribution in [0.4, 0.5) is 5.69 Å². The fourth-order valence-electron chi connectivity index (χ4n) is 3.83. The molecule has 0 bridgehead atoms. The van der Waals surface area contributed by atoms with Crippen LogP contribution in [0.15, 0.2) is 24.3 Å². The first kappa shape index (κ1) is 14.1. The van der Waals surface area contributed by atoms with E-state index in [2.05, 4.69) is 5.32 Å². The molecule has 1 unspecified atom stereocenters. The van der Waals surface area contributed by atoms with Crippen LogP contribution in [-0.2, 0) is 19.7 Å². The smallest absolute Gasteiger partial charge is 0.319 e. The van der Waals surface area contributed by atoms with Crippen molar-refractivity contribution in [3.05, 3.63) is 29.8 Å². The van der Waals surface area contributed by atoms with Gasteiger partial charge in [-0.3, -0.25) is 14.5 Å². The van der Waals surface area contributed by atoms with Crippen molar-refractivity contribution in [1.29, 1.82) is 0 Å². The van der Waals surface area contributed by atoms with Crippen molar-refractivity contribution in [1.82, 2.24) is 4.90 Å². The van der Waals surface area contributed by atoms with Crippen LogP contribution in [-0.4, -0.2) is 42.5 Å². The molecular weight excluding hydrogens is 268 g/mol. The molecule has 1 aromatic rings. The van der Waals surface area contributed by atoms with E-state index in [1.165, 1.54) is 7.11 Å². The van der Waals surface area contributed by atoms with Crippen LogP contribution in [0, 0.1) is 0 Å². The second kappa shape index (κ2) is 4.56. The number of fused-ring (bicyclic) bond motifs is 2. The van der Waals surface area contributed by atoms with Crippen molar-refractivity contribution in [2.24, 2.45) is 0 Å². The average Bonchev–Trinajstić information content (AvgIpc) is 2.89. The van der Waals surface area contributed by atoms with Gasteiger partial charge in [-0.25, -0.2) is 0 Å². The molecule has 3 rings (SSSR count). The molecule has 1 aromatic carbocycles. The van der Waals surface area contributed by atoms with Crippen molar-refractivity contribution in [2.45, 2.75) is 31.2 Å². The lowest BCUT2D eigenvalue weighted by Crippen LogP contribution is -2.56. The van der Waals surface area contributed by atoms with E-state index in [4.69, 9.17) is 4.74 Å². The lowest BCUT2D eigenvalue weighted by molar-refractivity contribution is -0.143. The molecule has 0 radical (unpaired) electrons. The molecule has 0 saturated carbocycles. The number of carbonyl (C=O) groups excluding carboxylic acids is 2. The first-order valence-electron chi connectivity index (χ1n) is 7.16. The number of nitrogens with one attached hydrogen (secondary N) is 1. The fraction of sp³-hybridized carbons (Fsp3) is 0.500. The van der Waals surface area contributed by atoms with Gasteiger partial charge in [0.15, 0.2) is 0 Å². The van der Waals surface area contributed by atoms with Crippen LogP contribution in [0.25, 0.3) is 0 Å². The summed E-state index contributed by atoms with van der Waals surface area (Å²) >= 11 is 0. The zero-order valence-corrected chi connectivity index (χ0v) is 12.6. The molecule has 1 amide bonds. The minimum Gasteiger partial charge on any atom is -0.468 e. The Morgan fingerprint density at radius 2 is 2.10 bits per heavy atom. The zero-order valence-electron chi connectivity index (χ0n) is 12.6. The number of methoxy groups -OCH3 is 1. The Labute approximate surface area is 124 Å². The standard InChI is InChI=1S/C16H20N2O3/c1-15(2)16(8-9-18(15)10-13(19)21-3)11-6-4-5-7-12(11)17-14(16)20/h4-7H,8-10H2,1-3H3,(H,17,20). The molecule has 0 aliphatic carbocycles. The molecule has 1 fully saturated rings. The lowest BCUT2D eigenvalue weighted by Gasteiger charge is -2.41. The van der Waals surface area contributed by atoms with Gasteiger partial charge >= 0.3 is 5.97 Å². The highest BCUT2D eigenvalue weighted by Crippen LogP contribution is 2.53. The average molecular weight is 288 g/mol. The van der Waals surface area contributed by atoms with E-state index >= 15 is 0 Å². The van der Waals surface area contributed by atoms with Gasteiger partial charge in [-0.2, -0.15) is 0 Å². The molecule has 1 N–H and O–H groups in total. The second-order valence-corrected chi connectivity index (χ2v) is 6.21. The fourth-order valence-corrected chi connectivity index (χ4v) is 3.83. The molecule has 112 valence electrons. The maximum absolute atomic E-state index is 12.7. The number of benzene rings is 1. The van der Waals surface area contributed by atoms with Gasteiger partial charge in [0.1, 0.15) is 0 Å². The zero-order chi connectivity index (χ0) is 15.3. The van der Waals surface area contributed by atoms with E-state index in [0.29, 0.717) is 13.0 Å². The highest BCUT2D eigenvalue weighted by atomic mass is 16.5. The normalized spacial score (nSPS) is 26.7. The van der Waals surface area contributed by atoms with Gasteiger partial charge in [0.05, 0.1) is 19.1 Å². The summed E-state index contributed by atoms with van der Waals surface area (Å²) in [4.78, 5) is 26.4. The predicted molar refractivity (Wildman–Crippen MR) is 79.0 cm³/mol. The van der Waals surface area contributed by atoms with Crippen LogP contribution in [0.3, 0.4) is 0 Å². The van der Waals surface area contributed by atoms with Gasteiger partial charge in [-0.05, 0) is 31.9 Å². The van der Waals surface area contributed by atoms with Gasteiger partial charge in [0.25, 0.3) is 0 Å². The Kier molecular flexibility index (Phi) is 3.06. The highest BCUT2D eigenvalue weighted by molar-refractivity contribution is 6.07. The van der Waals surface area contributed by atoms with Gasteiger partial charge in [-0.1, -0.05) is 18.2 Å². The first-order valence-corrected chi connectivity index (χ1v) is 7.16. The minimum atomic E-state index is -0.600. The molecule has 5 heteroatoms. The first-order chi connectivity index (χ1) is 9.93. The number of nitrogens with zero attached hydrogens (tertiary/aromatic N) is 1. The third kappa shape index (κ3) is 1.73. The monoisotopic (exact) mass is 288 g/mol. The summed E-state index contributed by atoms with van der Waals surface area (Å²) in [7, 11) is 1.39. The van der Waals surface area contributed by atoms with E-state index in [9.17, 15) is 9.59 Å². The Morgan fingerprint density at radius 3 is 2.81 bits per heavy atom. The summed E-state index contributed by atoms with van der Waals surface area (Å²) in [5, 5.41) is 2.99. The Hall–Kier alpha value is -1.88. The maximum atomic E-state index is 12.7. The number of anilines is 1. The number of carbonyl (C=O) groups is 2. The van der Waals surface area contributed by atoms with Crippen LogP contribution in [0.5, 0.6) is 0 Å². The number of rotatable bonds is 2. The summed E-state index contributed by atoms with van der Waals surface area (Å²) in [6, 6.07) is 7.82. The Balaban J connectivity index is 2.03. The van der Waals surface area contributed by atoms with Crippen LogP contribution < -0.4 is 5.32 Å². The number of ether oxygens (including phenoxy) is 1. The topological polar surface area (TPSA) is 58.6 Å². The summed E-state index contributed by atoms with van der Waals surface area (Å²) in [6.45, 7) is 4.97. The van der Waals surface area contributed by atoms with Crippen molar-refractivity contribution in [2.75, 3.05) is 25.5 Å². The summed E-state index contributed by atoms with van der Waals surface area (Å²) in [6.07, 6.45) is 0.708. The van der Waals surface area contributed by atoms with Crippen molar-refractivity contribution in [3.8, 4) is 0 Å². The number of hydrogen-bond acceptors (Lipinski definition) is 4. The summed E-state index contributed by atoms with van der Waals surface area (Å²) < 4.78 is 4.77. The lowest BCUT2D eigenvalue weighted by atomic mass is 9.68. The largest absolute Gasteiger partial charge is 0.468 e. The number of para-hydroxylation sites is 1.